The average Bonchev–Trinajstić information content (AvgIpc) is 2.34. The Hall–Kier alpha value is -1.19. The van der Waals surface area contributed by atoms with E-state index in [2.05, 4.69) is 21.2 Å². The summed E-state index contributed by atoms with van der Waals surface area (Å²) < 4.78 is 0.829. The Morgan fingerprint density at radius 2 is 2.00 bits per heavy atom. The molecule has 2 aromatic carbocycles. The van der Waals surface area contributed by atoms with Gasteiger partial charge in [-0.25, -0.2) is 0 Å². The van der Waals surface area contributed by atoms with Gasteiger partial charge in [-0.15, -0.1) is 0 Å². The van der Waals surface area contributed by atoms with Crippen LogP contribution in [-0.4, -0.2) is 5.11 Å². The third kappa shape index (κ3) is 3.23. The number of hydrogen-bond donors (Lipinski definition) is 2. The molecule has 0 bridgehead atoms. The van der Waals surface area contributed by atoms with Gasteiger partial charge >= 0.3 is 0 Å². The largest absolute Gasteiger partial charge is 0.508 e. The molecule has 0 saturated heterocycles. The van der Waals surface area contributed by atoms with Crippen molar-refractivity contribution in [1.82, 2.24) is 0 Å². The minimum absolute atomic E-state index is 0.0182. The summed E-state index contributed by atoms with van der Waals surface area (Å²) in [6.07, 6.45) is 0. The molecule has 2 rings (SSSR count). The summed E-state index contributed by atoms with van der Waals surface area (Å²) in [6.45, 7) is 3.95. The summed E-state index contributed by atoms with van der Waals surface area (Å²) in [5, 5.41) is 14.0. The number of anilines is 1. The van der Waals surface area contributed by atoms with Crippen molar-refractivity contribution in [2.24, 2.45) is 0 Å². The van der Waals surface area contributed by atoms with Crippen LogP contribution in [0.3, 0.4) is 0 Å². The molecule has 1 atom stereocenters. The first-order chi connectivity index (χ1) is 8.99. The van der Waals surface area contributed by atoms with Crippen molar-refractivity contribution in [1.29, 1.82) is 0 Å². The first kappa shape index (κ1) is 14.2. The van der Waals surface area contributed by atoms with Crippen molar-refractivity contribution in [3.63, 3.8) is 0 Å². The van der Waals surface area contributed by atoms with E-state index in [0.29, 0.717) is 10.8 Å². The lowest BCUT2D eigenvalue weighted by Gasteiger charge is -2.18. The first-order valence-corrected chi connectivity index (χ1v) is 7.16. The maximum Gasteiger partial charge on any atom is 0.121 e. The van der Waals surface area contributed by atoms with Crippen molar-refractivity contribution in [2.45, 2.75) is 19.9 Å². The molecule has 1 unspecified atom stereocenters. The number of rotatable bonds is 3. The van der Waals surface area contributed by atoms with Crippen molar-refractivity contribution in [3.8, 4) is 5.75 Å². The van der Waals surface area contributed by atoms with Crippen LogP contribution in [0.4, 0.5) is 5.69 Å². The summed E-state index contributed by atoms with van der Waals surface area (Å²) in [6, 6.07) is 11.3. The fourth-order valence-corrected chi connectivity index (χ4v) is 2.50. The topological polar surface area (TPSA) is 32.3 Å². The maximum atomic E-state index is 9.99. The zero-order valence-corrected chi connectivity index (χ0v) is 13.1. The lowest BCUT2D eigenvalue weighted by Crippen LogP contribution is -2.07. The molecule has 0 aliphatic heterocycles. The normalized spacial score (nSPS) is 12.2. The highest BCUT2D eigenvalue weighted by molar-refractivity contribution is 9.10. The second kappa shape index (κ2) is 5.85. The van der Waals surface area contributed by atoms with Gasteiger partial charge in [-0.3, -0.25) is 0 Å². The predicted molar refractivity (Wildman–Crippen MR) is 84.0 cm³/mol. The second-order valence-corrected chi connectivity index (χ2v) is 5.73. The lowest BCUT2D eigenvalue weighted by molar-refractivity contribution is 0.465. The van der Waals surface area contributed by atoms with Crippen LogP contribution in [0.15, 0.2) is 40.9 Å². The minimum atomic E-state index is -0.0182. The molecule has 0 aliphatic rings. The molecular weight excluding hydrogens is 326 g/mol. The van der Waals surface area contributed by atoms with Crippen molar-refractivity contribution < 1.29 is 5.11 Å². The van der Waals surface area contributed by atoms with Gasteiger partial charge in [0.15, 0.2) is 0 Å². The van der Waals surface area contributed by atoms with E-state index < -0.39 is 0 Å². The number of aryl methyl sites for hydroxylation is 1. The van der Waals surface area contributed by atoms with E-state index in [1.807, 2.05) is 44.2 Å². The highest BCUT2D eigenvalue weighted by Crippen LogP contribution is 2.34. The van der Waals surface area contributed by atoms with Crippen LogP contribution in [0, 0.1) is 6.92 Å². The SMILES string of the molecule is Cc1ccc(C(C)Nc2cccc(Cl)c2Br)c(O)c1. The molecule has 0 heterocycles. The van der Waals surface area contributed by atoms with E-state index >= 15 is 0 Å². The molecule has 19 heavy (non-hydrogen) atoms. The quantitative estimate of drug-likeness (QED) is 0.795. The molecule has 2 N–H and O–H groups in total. The predicted octanol–water partition coefficient (Wildman–Crippen LogP) is 5.29. The molecule has 0 amide bonds. The molecule has 2 aromatic rings. The van der Waals surface area contributed by atoms with Gasteiger partial charge in [0.05, 0.1) is 21.2 Å². The first-order valence-electron chi connectivity index (χ1n) is 5.99. The number of phenolic OH excluding ortho intramolecular Hbond substituents is 1. The summed E-state index contributed by atoms with van der Waals surface area (Å²) in [4.78, 5) is 0. The highest BCUT2D eigenvalue weighted by Gasteiger charge is 2.12. The number of aromatic hydroxyl groups is 1. The number of phenols is 1. The third-order valence-electron chi connectivity index (χ3n) is 2.98. The molecule has 0 aromatic heterocycles. The Balaban J connectivity index is 2.25. The molecule has 0 saturated carbocycles. The Labute approximate surface area is 126 Å². The molecule has 0 radical (unpaired) electrons. The standard InChI is InChI=1S/C15H15BrClNO/c1-9-6-7-11(14(19)8-9)10(2)18-13-5-3-4-12(17)15(13)16/h3-8,10,18-19H,1-2H3. The number of hydrogen-bond acceptors (Lipinski definition) is 2. The zero-order valence-electron chi connectivity index (χ0n) is 10.7. The van der Waals surface area contributed by atoms with E-state index in [9.17, 15) is 5.11 Å². The van der Waals surface area contributed by atoms with Crippen LogP contribution in [0.2, 0.25) is 5.02 Å². The van der Waals surface area contributed by atoms with Gasteiger partial charge in [-0.1, -0.05) is 29.8 Å². The van der Waals surface area contributed by atoms with Gasteiger partial charge < -0.3 is 10.4 Å². The fourth-order valence-electron chi connectivity index (χ4n) is 1.95. The summed E-state index contributed by atoms with van der Waals surface area (Å²) in [5.74, 6) is 0.304. The maximum absolute atomic E-state index is 9.99. The van der Waals surface area contributed by atoms with E-state index in [-0.39, 0.29) is 6.04 Å². The molecule has 0 spiro atoms. The van der Waals surface area contributed by atoms with Crippen LogP contribution in [0.1, 0.15) is 24.1 Å². The van der Waals surface area contributed by atoms with Crippen molar-refractivity contribution in [3.05, 3.63) is 57.0 Å². The number of nitrogens with one attached hydrogen (secondary N) is 1. The third-order valence-corrected chi connectivity index (χ3v) is 4.37. The van der Waals surface area contributed by atoms with Crippen molar-refractivity contribution in [2.75, 3.05) is 5.32 Å². The lowest BCUT2D eigenvalue weighted by atomic mass is 10.0. The van der Waals surface area contributed by atoms with Gasteiger partial charge in [0.2, 0.25) is 0 Å². The smallest absolute Gasteiger partial charge is 0.121 e. The van der Waals surface area contributed by atoms with E-state index in [4.69, 9.17) is 11.6 Å². The fraction of sp³-hybridized carbons (Fsp3) is 0.200. The van der Waals surface area contributed by atoms with Crippen LogP contribution < -0.4 is 5.32 Å². The molecule has 0 aliphatic carbocycles. The van der Waals surface area contributed by atoms with E-state index in [0.717, 1.165) is 21.3 Å². The minimum Gasteiger partial charge on any atom is -0.508 e. The Bertz CT molecular complexity index is 601. The van der Waals surface area contributed by atoms with Crippen LogP contribution in [0.25, 0.3) is 0 Å². The highest BCUT2D eigenvalue weighted by atomic mass is 79.9. The molecular formula is C15H15BrClNO. The number of benzene rings is 2. The second-order valence-electron chi connectivity index (χ2n) is 4.53. The Kier molecular flexibility index (Phi) is 4.38. The molecule has 100 valence electrons. The zero-order chi connectivity index (χ0) is 14.0. The molecule has 4 heteroatoms. The Morgan fingerprint density at radius 1 is 1.26 bits per heavy atom. The van der Waals surface area contributed by atoms with Crippen LogP contribution >= 0.6 is 27.5 Å². The van der Waals surface area contributed by atoms with Gasteiger partial charge in [0.25, 0.3) is 0 Å². The Morgan fingerprint density at radius 3 is 2.68 bits per heavy atom. The van der Waals surface area contributed by atoms with E-state index in [1.165, 1.54) is 0 Å². The summed E-state index contributed by atoms with van der Waals surface area (Å²) in [5.41, 5.74) is 2.80. The average molecular weight is 341 g/mol. The van der Waals surface area contributed by atoms with Gasteiger partial charge in [-0.05, 0) is 53.5 Å². The van der Waals surface area contributed by atoms with Gasteiger partial charge in [0.1, 0.15) is 5.75 Å². The summed E-state index contributed by atoms with van der Waals surface area (Å²) in [7, 11) is 0. The summed E-state index contributed by atoms with van der Waals surface area (Å²) >= 11 is 9.51. The van der Waals surface area contributed by atoms with Crippen LogP contribution in [0.5, 0.6) is 5.75 Å². The van der Waals surface area contributed by atoms with Gasteiger partial charge in [0, 0.05) is 5.56 Å². The van der Waals surface area contributed by atoms with Crippen LogP contribution in [-0.2, 0) is 0 Å². The molecule has 2 nitrogen and oxygen atoms in total. The van der Waals surface area contributed by atoms with Gasteiger partial charge in [-0.2, -0.15) is 0 Å². The number of halogens is 2. The van der Waals surface area contributed by atoms with Crippen molar-refractivity contribution >= 4 is 33.2 Å². The monoisotopic (exact) mass is 339 g/mol. The van der Waals surface area contributed by atoms with E-state index in [1.54, 1.807) is 6.07 Å². The molecule has 0 fully saturated rings.